The molecule has 22 heavy (non-hydrogen) atoms. The zero-order valence-corrected chi connectivity index (χ0v) is 13.4. The fraction of sp³-hybridized carbons (Fsp3) is 0.125. The third-order valence-corrected chi connectivity index (χ3v) is 4.02. The quantitative estimate of drug-likeness (QED) is 0.862. The SMILES string of the molecule is Cc1ccc(NC(=O)c2cc(Cl)c(Cl)cc2C(=O)O)cc1C. The van der Waals surface area contributed by atoms with Crippen LogP contribution in [0.3, 0.4) is 0 Å². The molecule has 0 heterocycles. The maximum absolute atomic E-state index is 12.3. The molecule has 0 aliphatic carbocycles. The smallest absolute Gasteiger partial charge is 0.336 e. The first kappa shape index (κ1) is 16.3. The standard InChI is InChI=1S/C16H13Cl2NO3/c1-8-3-4-10(5-9(8)2)19-15(20)11-6-13(17)14(18)7-12(11)16(21)22/h3-7H,1-2H3,(H,19,20)(H,21,22). The Kier molecular flexibility index (Phi) is 4.74. The Hall–Kier alpha value is -2.04. The van der Waals surface area contributed by atoms with Gasteiger partial charge in [-0.3, -0.25) is 4.79 Å². The van der Waals surface area contributed by atoms with Crippen molar-refractivity contribution in [1.29, 1.82) is 0 Å². The predicted octanol–water partition coefficient (Wildman–Crippen LogP) is 4.56. The van der Waals surface area contributed by atoms with Gasteiger partial charge in [-0.15, -0.1) is 0 Å². The molecule has 4 nitrogen and oxygen atoms in total. The Morgan fingerprint density at radius 2 is 1.55 bits per heavy atom. The lowest BCUT2D eigenvalue weighted by molar-refractivity contribution is 0.0692. The molecule has 1 amide bonds. The number of aryl methyl sites for hydroxylation is 2. The van der Waals surface area contributed by atoms with Gasteiger partial charge in [0.05, 0.1) is 21.2 Å². The number of amides is 1. The van der Waals surface area contributed by atoms with Crippen LogP contribution in [-0.4, -0.2) is 17.0 Å². The van der Waals surface area contributed by atoms with Crippen LogP contribution in [0.25, 0.3) is 0 Å². The number of aromatic carboxylic acids is 1. The molecule has 0 unspecified atom stereocenters. The summed E-state index contributed by atoms with van der Waals surface area (Å²) in [6, 6.07) is 7.85. The third kappa shape index (κ3) is 3.40. The Balaban J connectivity index is 2.38. The summed E-state index contributed by atoms with van der Waals surface area (Å²) in [5.41, 5.74) is 2.45. The molecule has 0 aliphatic heterocycles. The summed E-state index contributed by atoms with van der Waals surface area (Å²) in [6.07, 6.45) is 0. The van der Waals surface area contributed by atoms with E-state index < -0.39 is 11.9 Å². The number of nitrogens with one attached hydrogen (secondary N) is 1. The number of anilines is 1. The van der Waals surface area contributed by atoms with Gasteiger partial charge in [0, 0.05) is 5.69 Å². The summed E-state index contributed by atoms with van der Waals surface area (Å²) < 4.78 is 0. The van der Waals surface area contributed by atoms with Crippen molar-refractivity contribution in [1.82, 2.24) is 0 Å². The lowest BCUT2D eigenvalue weighted by Gasteiger charge is -2.10. The minimum absolute atomic E-state index is 0.0415. The highest BCUT2D eigenvalue weighted by Gasteiger charge is 2.19. The van der Waals surface area contributed by atoms with Crippen molar-refractivity contribution in [2.45, 2.75) is 13.8 Å². The van der Waals surface area contributed by atoms with Gasteiger partial charge in [-0.25, -0.2) is 4.79 Å². The monoisotopic (exact) mass is 337 g/mol. The molecule has 0 radical (unpaired) electrons. The fourth-order valence-corrected chi connectivity index (χ4v) is 2.26. The van der Waals surface area contributed by atoms with Crippen LogP contribution < -0.4 is 5.32 Å². The molecular formula is C16H13Cl2NO3. The van der Waals surface area contributed by atoms with Crippen molar-refractivity contribution in [2.75, 3.05) is 5.32 Å². The van der Waals surface area contributed by atoms with Crippen molar-refractivity contribution in [3.05, 3.63) is 62.6 Å². The van der Waals surface area contributed by atoms with E-state index in [1.165, 1.54) is 12.1 Å². The van der Waals surface area contributed by atoms with E-state index in [-0.39, 0.29) is 21.2 Å². The largest absolute Gasteiger partial charge is 0.478 e. The van der Waals surface area contributed by atoms with Crippen LogP contribution in [0.1, 0.15) is 31.8 Å². The van der Waals surface area contributed by atoms with Gasteiger partial charge in [0.1, 0.15) is 0 Å². The average Bonchev–Trinajstić information content (AvgIpc) is 2.45. The molecule has 0 aliphatic rings. The van der Waals surface area contributed by atoms with E-state index in [4.69, 9.17) is 23.2 Å². The Morgan fingerprint density at radius 1 is 0.955 bits per heavy atom. The van der Waals surface area contributed by atoms with Gasteiger partial charge in [-0.1, -0.05) is 29.3 Å². The highest BCUT2D eigenvalue weighted by molar-refractivity contribution is 6.42. The third-order valence-electron chi connectivity index (χ3n) is 3.30. The van der Waals surface area contributed by atoms with Crippen LogP contribution >= 0.6 is 23.2 Å². The number of carbonyl (C=O) groups excluding carboxylic acids is 1. The van der Waals surface area contributed by atoms with Gasteiger partial charge in [0.2, 0.25) is 0 Å². The molecule has 2 N–H and O–H groups in total. The Morgan fingerprint density at radius 3 is 2.09 bits per heavy atom. The predicted molar refractivity (Wildman–Crippen MR) is 87.3 cm³/mol. The van der Waals surface area contributed by atoms with Crippen LogP contribution in [0.4, 0.5) is 5.69 Å². The molecule has 6 heteroatoms. The van der Waals surface area contributed by atoms with Crippen LogP contribution in [0.5, 0.6) is 0 Å². The van der Waals surface area contributed by atoms with Crippen LogP contribution in [-0.2, 0) is 0 Å². The van der Waals surface area contributed by atoms with Crippen molar-refractivity contribution >= 4 is 40.8 Å². The van der Waals surface area contributed by atoms with Crippen LogP contribution in [0, 0.1) is 13.8 Å². The normalized spacial score (nSPS) is 10.4. The second-order valence-corrected chi connectivity index (χ2v) is 5.68. The molecule has 0 aromatic heterocycles. The van der Waals surface area contributed by atoms with E-state index in [1.807, 2.05) is 26.0 Å². The van der Waals surface area contributed by atoms with Gasteiger partial charge >= 0.3 is 5.97 Å². The molecule has 2 aromatic rings. The number of carboxylic acids is 1. The molecule has 0 atom stereocenters. The zero-order chi connectivity index (χ0) is 16.4. The fourth-order valence-electron chi connectivity index (χ4n) is 1.93. The van der Waals surface area contributed by atoms with E-state index in [1.54, 1.807) is 6.07 Å². The summed E-state index contributed by atoms with van der Waals surface area (Å²) >= 11 is 11.7. The number of hydrogen-bond donors (Lipinski definition) is 2. The minimum Gasteiger partial charge on any atom is -0.478 e. The topological polar surface area (TPSA) is 66.4 Å². The molecule has 0 fully saturated rings. The van der Waals surface area contributed by atoms with Crippen LogP contribution in [0.15, 0.2) is 30.3 Å². The van der Waals surface area contributed by atoms with Crippen molar-refractivity contribution < 1.29 is 14.7 Å². The lowest BCUT2D eigenvalue weighted by atomic mass is 10.1. The highest BCUT2D eigenvalue weighted by Crippen LogP contribution is 2.27. The highest BCUT2D eigenvalue weighted by atomic mass is 35.5. The van der Waals surface area contributed by atoms with E-state index >= 15 is 0 Å². The van der Waals surface area contributed by atoms with Gasteiger partial charge in [-0.05, 0) is 49.2 Å². The second kappa shape index (κ2) is 6.38. The van der Waals surface area contributed by atoms with Gasteiger partial charge in [0.15, 0.2) is 0 Å². The molecule has 0 saturated carbocycles. The maximum atomic E-state index is 12.3. The van der Waals surface area contributed by atoms with Crippen LogP contribution in [0.2, 0.25) is 10.0 Å². The van der Waals surface area contributed by atoms with E-state index in [9.17, 15) is 14.7 Å². The summed E-state index contributed by atoms with van der Waals surface area (Å²) in [5.74, 6) is -1.80. The molecule has 0 saturated heterocycles. The number of carbonyl (C=O) groups is 2. The van der Waals surface area contributed by atoms with Crippen molar-refractivity contribution in [3.8, 4) is 0 Å². The van der Waals surface area contributed by atoms with Crippen molar-refractivity contribution in [3.63, 3.8) is 0 Å². The summed E-state index contributed by atoms with van der Waals surface area (Å²) in [7, 11) is 0. The van der Waals surface area contributed by atoms with Crippen molar-refractivity contribution in [2.24, 2.45) is 0 Å². The molecular weight excluding hydrogens is 325 g/mol. The first-order chi connectivity index (χ1) is 10.3. The summed E-state index contributed by atoms with van der Waals surface area (Å²) in [6.45, 7) is 3.88. The minimum atomic E-state index is -1.25. The second-order valence-electron chi connectivity index (χ2n) is 4.87. The number of hydrogen-bond acceptors (Lipinski definition) is 2. The number of carboxylic acid groups (broad SMARTS) is 1. The first-order valence-electron chi connectivity index (χ1n) is 6.40. The first-order valence-corrected chi connectivity index (χ1v) is 7.16. The van der Waals surface area contributed by atoms with E-state index in [0.29, 0.717) is 5.69 Å². The van der Waals surface area contributed by atoms with Gasteiger partial charge < -0.3 is 10.4 Å². The molecule has 0 bridgehead atoms. The maximum Gasteiger partial charge on any atom is 0.336 e. The number of rotatable bonds is 3. The summed E-state index contributed by atoms with van der Waals surface area (Å²) in [5, 5.41) is 12.1. The Labute approximate surface area is 137 Å². The molecule has 0 spiro atoms. The zero-order valence-electron chi connectivity index (χ0n) is 11.9. The summed E-state index contributed by atoms with van der Waals surface area (Å²) in [4.78, 5) is 23.6. The molecule has 2 aromatic carbocycles. The van der Waals surface area contributed by atoms with Gasteiger partial charge in [0.25, 0.3) is 5.91 Å². The number of halogens is 2. The molecule has 2 rings (SSSR count). The lowest BCUT2D eigenvalue weighted by Crippen LogP contribution is -2.16. The van der Waals surface area contributed by atoms with E-state index in [2.05, 4.69) is 5.32 Å². The van der Waals surface area contributed by atoms with E-state index in [0.717, 1.165) is 11.1 Å². The Bertz CT molecular complexity index is 772. The van der Waals surface area contributed by atoms with Gasteiger partial charge in [-0.2, -0.15) is 0 Å². The number of benzene rings is 2. The average molecular weight is 338 g/mol. The molecule has 114 valence electrons.